The Bertz CT molecular complexity index is 482. The second-order valence-electron chi connectivity index (χ2n) is 3.07. The molecule has 0 aliphatic carbocycles. The van der Waals surface area contributed by atoms with Gasteiger partial charge in [0.25, 0.3) is 0 Å². The van der Waals surface area contributed by atoms with Gasteiger partial charge in [0.2, 0.25) is 0 Å². The van der Waals surface area contributed by atoms with Gasteiger partial charge in [-0.25, -0.2) is 4.79 Å². The number of anilines is 2. The molecule has 3 nitrogen and oxygen atoms in total. The van der Waals surface area contributed by atoms with E-state index in [1.807, 2.05) is 35.7 Å². The number of amides is 2. The lowest BCUT2D eigenvalue weighted by molar-refractivity contribution is 0.262. The van der Waals surface area contributed by atoms with Crippen molar-refractivity contribution in [3.05, 3.63) is 41.8 Å². The number of thiophene rings is 1. The zero-order valence-corrected chi connectivity index (χ0v) is 10.0. The van der Waals surface area contributed by atoms with Gasteiger partial charge in [0.15, 0.2) is 0 Å². The molecule has 1 heterocycles. The first-order valence-corrected chi connectivity index (χ1v) is 5.98. The first-order chi connectivity index (χ1) is 7.75. The van der Waals surface area contributed by atoms with Gasteiger partial charge in [0.1, 0.15) is 0 Å². The number of benzene rings is 1. The Morgan fingerprint density at radius 3 is 2.62 bits per heavy atom. The molecule has 2 aromatic rings. The molecule has 0 radical (unpaired) electrons. The summed E-state index contributed by atoms with van der Waals surface area (Å²) < 4.78 is 0. The number of rotatable bonds is 2. The molecule has 0 fully saturated rings. The van der Waals surface area contributed by atoms with Crippen LogP contribution >= 0.6 is 24.0 Å². The molecule has 2 amide bonds. The summed E-state index contributed by atoms with van der Waals surface area (Å²) in [5.41, 5.74) is 0.694. The lowest BCUT2D eigenvalue weighted by Gasteiger charge is -2.07. The molecular weight excluding hydrogens is 240 g/mol. The third-order valence-electron chi connectivity index (χ3n) is 1.91. The predicted octanol–water partition coefficient (Wildman–Crippen LogP) is 3.68. The highest BCUT2D eigenvalue weighted by Crippen LogP contribution is 2.20. The van der Waals surface area contributed by atoms with Crippen molar-refractivity contribution in [1.29, 1.82) is 0 Å². The summed E-state index contributed by atoms with van der Waals surface area (Å²) in [5, 5.41) is 8.18. The standard InChI is InChI=1S/C11H10N2OS2/c14-11(13-10-6-3-7-16-10)12-8-4-1-2-5-9(8)15/h1-7,15H,(H2,12,13,14). The van der Waals surface area contributed by atoms with Crippen LogP contribution in [-0.4, -0.2) is 6.03 Å². The second kappa shape index (κ2) is 5.05. The number of para-hydroxylation sites is 1. The fraction of sp³-hybridized carbons (Fsp3) is 0. The maximum atomic E-state index is 11.6. The molecule has 1 aromatic heterocycles. The van der Waals surface area contributed by atoms with Gasteiger partial charge in [0, 0.05) is 4.90 Å². The van der Waals surface area contributed by atoms with Crippen molar-refractivity contribution in [3.8, 4) is 0 Å². The topological polar surface area (TPSA) is 41.1 Å². The second-order valence-corrected chi connectivity index (χ2v) is 4.50. The third kappa shape index (κ3) is 2.77. The van der Waals surface area contributed by atoms with Crippen molar-refractivity contribution in [2.45, 2.75) is 4.90 Å². The van der Waals surface area contributed by atoms with Gasteiger partial charge in [-0.05, 0) is 29.6 Å². The van der Waals surface area contributed by atoms with Crippen molar-refractivity contribution in [3.63, 3.8) is 0 Å². The van der Waals surface area contributed by atoms with Gasteiger partial charge in [-0.2, -0.15) is 0 Å². The predicted molar refractivity (Wildman–Crippen MR) is 70.7 cm³/mol. The van der Waals surface area contributed by atoms with Crippen molar-refractivity contribution in [2.24, 2.45) is 0 Å². The lowest BCUT2D eigenvalue weighted by atomic mass is 10.3. The Labute approximate surface area is 103 Å². The van der Waals surface area contributed by atoms with Crippen molar-refractivity contribution in [1.82, 2.24) is 0 Å². The summed E-state index contributed by atoms with van der Waals surface area (Å²) in [5.74, 6) is 0. The Morgan fingerprint density at radius 2 is 1.94 bits per heavy atom. The van der Waals surface area contributed by atoms with Gasteiger partial charge in [-0.1, -0.05) is 12.1 Å². The van der Waals surface area contributed by atoms with E-state index in [2.05, 4.69) is 23.3 Å². The van der Waals surface area contributed by atoms with Crippen LogP contribution < -0.4 is 10.6 Å². The minimum atomic E-state index is -0.260. The van der Waals surface area contributed by atoms with E-state index >= 15 is 0 Å². The van der Waals surface area contributed by atoms with Crippen molar-refractivity contribution >= 4 is 40.7 Å². The van der Waals surface area contributed by atoms with Gasteiger partial charge < -0.3 is 5.32 Å². The maximum Gasteiger partial charge on any atom is 0.324 e. The Balaban J connectivity index is 2.00. The molecule has 1 aromatic carbocycles. The van der Waals surface area contributed by atoms with Gasteiger partial charge >= 0.3 is 6.03 Å². The summed E-state index contributed by atoms with van der Waals surface area (Å²) >= 11 is 5.72. The van der Waals surface area contributed by atoms with Crippen LogP contribution in [0.1, 0.15) is 0 Å². The minimum Gasteiger partial charge on any atom is -0.307 e. The molecule has 0 unspecified atom stereocenters. The molecule has 0 saturated heterocycles. The van der Waals surface area contributed by atoms with Crippen LogP contribution in [0.5, 0.6) is 0 Å². The number of thiol groups is 1. The highest BCUT2D eigenvalue weighted by atomic mass is 32.1. The highest BCUT2D eigenvalue weighted by molar-refractivity contribution is 7.80. The van der Waals surface area contributed by atoms with Gasteiger partial charge in [-0.3, -0.25) is 5.32 Å². The van der Waals surface area contributed by atoms with E-state index in [1.165, 1.54) is 11.3 Å². The molecule has 5 heteroatoms. The molecule has 2 N–H and O–H groups in total. The zero-order chi connectivity index (χ0) is 11.4. The zero-order valence-electron chi connectivity index (χ0n) is 8.31. The largest absolute Gasteiger partial charge is 0.324 e. The van der Waals surface area contributed by atoms with E-state index in [1.54, 1.807) is 6.07 Å². The van der Waals surface area contributed by atoms with E-state index in [0.717, 1.165) is 9.90 Å². The molecule has 16 heavy (non-hydrogen) atoms. The van der Waals surface area contributed by atoms with Crippen LogP contribution in [0, 0.1) is 0 Å². The summed E-state index contributed by atoms with van der Waals surface area (Å²) in [6.07, 6.45) is 0. The molecule has 0 saturated carbocycles. The highest BCUT2D eigenvalue weighted by Gasteiger charge is 2.04. The Kier molecular flexibility index (Phi) is 3.48. The van der Waals surface area contributed by atoms with Crippen LogP contribution in [0.25, 0.3) is 0 Å². The van der Waals surface area contributed by atoms with E-state index in [0.29, 0.717) is 5.69 Å². The van der Waals surface area contributed by atoms with Crippen molar-refractivity contribution in [2.75, 3.05) is 10.6 Å². The summed E-state index contributed by atoms with van der Waals surface area (Å²) in [6.45, 7) is 0. The van der Waals surface area contributed by atoms with E-state index < -0.39 is 0 Å². The number of nitrogens with one attached hydrogen (secondary N) is 2. The number of carbonyl (C=O) groups excluding carboxylic acids is 1. The van der Waals surface area contributed by atoms with Gasteiger partial charge in [0.05, 0.1) is 10.7 Å². The summed E-state index contributed by atoms with van der Waals surface area (Å²) in [7, 11) is 0. The normalized spacial score (nSPS) is 9.81. The molecule has 82 valence electrons. The number of carbonyl (C=O) groups is 1. The summed E-state index contributed by atoms with van der Waals surface area (Å²) in [6, 6.07) is 10.8. The number of hydrogen-bond acceptors (Lipinski definition) is 3. The smallest absolute Gasteiger partial charge is 0.307 e. The molecule has 0 aliphatic heterocycles. The molecule has 0 bridgehead atoms. The fourth-order valence-electron chi connectivity index (χ4n) is 1.19. The number of urea groups is 1. The molecule has 0 atom stereocenters. The van der Waals surface area contributed by atoms with Crippen LogP contribution in [0.4, 0.5) is 15.5 Å². The fourth-order valence-corrected chi connectivity index (χ4v) is 2.02. The SMILES string of the molecule is O=C(Nc1cccs1)Nc1ccccc1S. The monoisotopic (exact) mass is 250 g/mol. The van der Waals surface area contributed by atoms with E-state index in [9.17, 15) is 4.79 Å². The molecular formula is C11H10N2OS2. The van der Waals surface area contributed by atoms with Crippen LogP contribution in [0.15, 0.2) is 46.7 Å². The first-order valence-electron chi connectivity index (χ1n) is 4.65. The van der Waals surface area contributed by atoms with E-state index in [4.69, 9.17) is 0 Å². The summed E-state index contributed by atoms with van der Waals surface area (Å²) in [4.78, 5) is 12.3. The third-order valence-corrected chi connectivity index (χ3v) is 3.09. The first kappa shape index (κ1) is 11.0. The quantitative estimate of drug-likeness (QED) is 0.699. The van der Waals surface area contributed by atoms with Crippen LogP contribution in [-0.2, 0) is 0 Å². The Hall–Kier alpha value is -1.46. The Morgan fingerprint density at radius 1 is 1.12 bits per heavy atom. The van der Waals surface area contributed by atoms with Crippen LogP contribution in [0.2, 0.25) is 0 Å². The van der Waals surface area contributed by atoms with Gasteiger partial charge in [-0.15, -0.1) is 24.0 Å². The molecule has 2 rings (SSSR count). The van der Waals surface area contributed by atoms with Crippen molar-refractivity contribution < 1.29 is 4.79 Å². The average Bonchev–Trinajstić information content (AvgIpc) is 2.74. The average molecular weight is 250 g/mol. The van der Waals surface area contributed by atoms with E-state index in [-0.39, 0.29) is 6.03 Å². The molecule has 0 spiro atoms. The minimum absolute atomic E-state index is 0.260. The molecule has 0 aliphatic rings. The lowest BCUT2D eigenvalue weighted by Crippen LogP contribution is -2.18. The number of hydrogen-bond donors (Lipinski definition) is 3. The van der Waals surface area contributed by atoms with Crippen LogP contribution in [0.3, 0.4) is 0 Å². The maximum absolute atomic E-state index is 11.6.